The van der Waals surface area contributed by atoms with Gasteiger partial charge in [-0.15, -0.1) is 0 Å². The van der Waals surface area contributed by atoms with Crippen molar-refractivity contribution in [3.8, 4) is 0 Å². The molecule has 1 fully saturated rings. The lowest BCUT2D eigenvalue weighted by Gasteiger charge is -2.17. The van der Waals surface area contributed by atoms with E-state index in [9.17, 15) is 13.2 Å². The van der Waals surface area contributed by atoms with Crippen LogP contribution < -0.4 is 11.1 Å². The van der Waals surface area contributed by atoms with Crippen molar-refractivity contribution in [2.45, 2.75) is 57.7 Å². The van der Waals surface area contributed by atoms with Crippen LogP contribution in [-0.4, -0.2) is 22.2 Å². The van der Waals surface area contributed by atoms with E-state index in [1.807, 2.05) is 6.92 Å². The first-order valence-corrected chi connectivity index (χ1v) is 10.2. The fourth-order valence-corrected chi connectivity index (χ4v) is 3.56. The molecule has 0 amide bonds. The number of aryl methyl sites for hydroxylation is 1. The van der Waals surface area contributed by atoms with Crippen molar-refractivity contribution in [3.05, 3.63) is 53.7 Å². The van der Waals surface area contributed by atoms with Gasteiger partial charge in [0.05, 0.1) is 28.8 Å². The van der Waals surface area contributed by atoms with Gasteiger partial charge in [-0.1, -0.05) is 26.2 Å². The van der Waals surface area contributed by atoms with Gasteiger partial charge in [-0.05, 0) is 37.5 Å². The van der Waals surface area contributed by atoms with Gasteiger partial charge in [-0.2, -0.15) is 13.2 Å². The molecule has 0 spiro atoms. The molecule has 1 aliphatic carbocycles. The molecule has 2 heterocycles. The van der Waals surface area contributed by atoms with Crippen molar-refractivity contribution in [1.82, 2.24) is 9.97 Å². The standard InChI is InChI=1S/C22H26F3N5/c1-2-5-17-10-18(8-9-27-17)28-13-15(12-26)21-20(22(23,24)25)11-19(14-29-21)30-16-6-3-4-7-16/h8-14,16,30H,2-7,26H2,1H3. The molecule has 0 unspecified atom stereocenters. The topological polar surface area (TPSA) is 76.2 Å². The van der Waals surface area contributed by atoms with Crippen LogP contribution >= 0.6 is 0 Å². The van der Waals surface area contributed by atoms with Crippen LogP contribution in [0.15, 0.2) is 41.8 Å². The molecular formula is C22H26F3N5. The minimum atomic E-state index is -4.57. The van der Waals surface area contributed by atoms with E-state index in [0.29, 0.717) is 11.4 Å². The highest BCUT2D eigenvalue weighted by Gasteiger charge is 2.35. The molecule has 0 radical (unpaired) electrons. The van der Waals surface area contributed by atoms with Gasteiger partial charge < -0.3 is 11.1 Å². The molecule has 3 N–H and O–H groups in total. The Hall–Kier alpha value is -2.90. The zero-order valence-corrected chi connectivity index (χ0v) is 16.9. The number of allylic oxidation sites excluding steroid dienone is 1. The summed E-state index contributed by atoms with van der Waals surface area (Å²) < 4.78 is 41.3. The van der Waals surface area contributed by atoms with Crippen molar-refractivity contribution in [2.75, 3.05) is 5.32 Å². The molecule has 1 saturated carbocycles. The number of nitrogens with two attached hydrogens (primary N) is 1. The maximum absolute atomic E-state index is 13.8. The van der Waals surface area contributed by atoms with Crippen molar-refractivity contribution in [2.24, 2.45) is 10.7 Å². The average Bonchev–Trinajstić information content (AvgIpc) is 3.22. The lowest BCUT2D eigenvalue weighted by molar-refractivity contribution is -0.138. The van der Waals surface area contributed by atoms with Crippen molar-refractivity contribution in [1.29, 1.82) is 0 Å². The van der Waals surface area contributed by atoms with E-state index >= 15 is 0 Å². The Bertz CT molecular complexity index is 915. The number of halogens is 3. The molecule has 0 atom stereocenters. The third-order valence-corrected chi connectivity index (χ3v) is 5.03. The fourth-order valence-electron chi connectivity index (χ4n) is 3.56. The van der Waals surface area contributed by atoms with E-state index in [2.05, 4.69) is 20.3 Å². The first kappa shape index (κ1) is 21.8. The highest BCUT2D eigenvalue weighted by molar-refractivity contribution is 6.10. The predicted octanol–water partition coefficient (Wildman–Crippen LogP) is 5.50. The van der Waals surface area contributed by atoms with Gasteiger partial charge >= 0.3 is 6.18 Å². The predicted molar refractivity (Wildman–Crippen MR) is 114 cm³/mol. The van der Waals surface area contributed by atoms with Crippen LogP contribution in [0.2, 0.25) is 0 Å². The zero-order valence-electron chi connectivity index (χ0n) is 16.9. The summed E-state index contributed by atoms with van der Waals surface area (Å²) in [4.78, 5) is 12.6. The minimum absolute atomic E-state index is 0.101. The number of hydrogen-bond donors (Lipinski definition) is 2. The number of nitrogens with zero attached hydrogens (tertiary/aromatic N) is 3. The molecule has 0 saturated heterocycles. The Morgan fingerprint density at radius 2 is 2.03 bits per heavy atom. The van der Waals surface area contributed by atoms with Crippen molar-refractivity contribution in [3.63, 3.8) is 0 Å². The second kappa shape index (κ2) is 9.73. The van der Waals surface area contributed by atoms with Crippen molar-refractivity contribution < 1.29 is 13.2 Å². The second-order valence-corrected chi connectivity index (χ2v) is 7.38. The maximum Gasteiger partial charge on any atom is 0.418 e. The largest absolute Gasteiger partial charge is 0.418 e. The van der Waals surface area contributed by atoms with Crippen LogP contribution in [0.4, 0.5) is 24.5 Å². The quantitative estimate of drug-likeness (QED) is 0.583. The average molecular weight is 417 g/mol. The summed E-state index contributed by atoms with van der Waals surface area (Å²) in [7, 11) is 0. The Kier molecular flexibility index (Phi) is 7.07. The molecule has 1 aliphatic rings. The van der Waals surface area contributed by atoms with Crippen LogP contribution in [0, 0.1) is 0 Å². The van der Waals surface area contributed by atoms with Gasteiger partial charge in [-0.25, -0.2) is 0 Å². The lowest BCUT2D eigenvalue weighted by Crippen LogP contribution is -2.17. The van der Waals surface area contributed by atoms with E-state index in [-0.39, 0.29) is 17.3 Å². The Morgan fingerprint density at radius 3 is 2.70 bits per heavy atom. The van der Waals surface area contributed by atoms with E-state index in [1.165, 1.54) is 12.4 Å². The van der Waals surface area contributed by atoms with Gasteiger partial charge in [0.15, 0.2) is 0 Å². The van der Waals surface area contributed by atoms with E-state index in [0.717, 1.165) is 56.5 Å². The van der Waals surface area contributed by atoms with Gasteiger partial charge in [0.25, 0.3) is 0 Å². The molecule has 30 heavy (non-hydrogen) atoms. The second-order valence-electron chi connectivity index (χ2n) is 7.38. The Morgan fingerprint density at radius 1 is 1.27 bits per heavy atom. The summed E-state index contributed by atoms with van der Waals surface area (Å²) in [5.74, 6) is 0. The third-order valence-electron chi connectivity index (χ3n) is 5.03. The van der Waals surface area contributed by atoms with E-state index in [1.54, 1.807) is 18.3 Å². The van der Waals surface area contributed by atoms with Crippen molar-refractivity contribution >= 4 is 23.2 Å². The number of hydrogen-bond acceptors (Lipinski definition) is 5. The molecule has 0 aromatic carbocycles. The molecule has 5 nitrogen and oxygen atoms in total. The highest BCUT2D eigenvalue weighted by Crippen LogP contribution is 2.36. The van der Waals surface area contributed by atoms with Gasteiger partial charge in [0.2, 0.25) is 0 Å². The summed E-state index contributed by atoms with van der Waals surface area (Å²) in [5, 5.41) is 3.16. The van der Waals surface area contributed by atoms with Crippen LogP contribution in [0.25, 0.3) is 5.57 Å². The van der Waals surface area contributed by atoms with Gasteiger partial charge in [-0.3, -0.25) is 15.0 Å². The molecule has 0 aliphatic heterocycles. The maximum atomic E-state index is 13.8. The number of nitrogens with one attached hydrogen (secondary N) is 1. The highest BCUT2D eigenvalue weighted by atomic mass is 19.4. The van der Waals surface area contributed by atoms with E-state index in [4.69, 9.17) is 5.73 Å². The zero-order chi connectivity index (χ0) is 21.6. The number of rotatable bonds is 7. The Labute approximate surface area is 174 Å². The van der Waals surface area contributed by atoms with Crippen LogP contribution in [0.1, 0.15) is 56.0 Å². The van der Waals surface area contributed by atoms with E-state index < -0.39 is 11.7 Å². The molecule has 3 rings (SSSR count). The first-order chi connectivity index (χ1) is 14.4. The van der Waals surface area contributed by atoms with Crippen LogP contribution in [0.5, 0.6) is 0 Å². The smallest absolute Gasteiger partial charge is 0.404 e. The molecule has 8 heteroatoms. The minimum Gasteiger partial charge on any atom is -0.404 e. The number of alkyl halides is 3. The SMILES string of the molecule is CCCc1cc(N=CC(=CN)c2ncc(NC3CCCC3)cc2C(F)(F)F)ccn1. The number of aliphatic imine (C=N–C) groups is 1. The normalized spacial score (nSPS) is 15.8. The lowest BCUT2D eigenvalue weighted by atomic mass is 10.1. The van der Waals surface area contributed by atoms with Gasteiger partial charge in [0.1, 0.15) is 0 Å². The summed E-state index contributed by atoms with van der Waals surface area (Å²) in [6.45, 7) is 2.04. The summed E-state index contributed by atoms with van der Waals surface area (Å²) in [6, 6.07) is 4.79. The summed E-state index contributed by atoms with van der Waals surface area (Å²) in [5.41, 5.74) is 6.50. The monoisotopic (exact) mass is 417 g/mol. The Balaban J connectivity index is 1.88. The third kappa shape index (κ3) is 5.58. The first-order valence-electron chi connectivity index (χ1n) is 10.2. The molecule has 2 aromatic rings. The summed E-state index contributed by atoms with van der Waals surface area (Å²) in [6.07, 6.45) is 6.71. The molecular weight excluding hydrogens is 391 g/mol. The molecule has 0 bridgehead atoms. The number of aromatic nitrogens is 2. The molecule has 160 valence electrons. The van der Waals surface area contributed by atoms with Gasteiger partial charge in [0, 0.05) is 35.9 Å². The summed E-state index contributed by atoms with van der Waals surface area (Å²) >= 11 is 0. The molecule has 2 aromatic heterocycles. The fraction of sp³-hybridized carbons (Fsp3) is 0.409. The number of anilines is 1. The van der Waals surface area contributed by atoms with Crippen LogP contribution in [-0.2, 0) is 12.6 Å². The number of pyridine rings is 2. The van der Waals surface area contributed by atoms with Crippen LogP contribution in [0.3, 0.4) is 0 Å².